The van der Waals surface area contributed by atoms with Crippen LogP contribution in [0.5, 0.6) is 0 Å². The molecule has 1 aromatic carbocycles. The Morgan fingerprint density at radius 2 is 1.94 bits per heavy atom. The summed E-state index contributed by atoms with van der Waals surface area (Å²) in [6.07, 6.45) is 10.5. The van der Waals surface area contributed by atoms with Gasteiger partial charge in [0, 0.05) is 36.7 Å². The van der Waals surface area contributed by atoms with Crippen molar-refractivity contribution in [1.29, 1.82) is 0 Å². The molecule has 176 valence electrons. The van der Waals surface area contributed by atoms with Gasteiger partial charge in [-0.2, -0.15) is 0 Å². The van der Waals surface area contributed by atoms with Gasteiger partial charge in [-0.15, -0.1) is 0 Å². The number of carbonyl (C=O) groups excluding carboxylic acids is 1. The third-order valence-electron chi connectivity index (χ3n) is 5.43. The molecule has 0 radical (unpaired) electrons. The average molecular weight is 448 g/mol. The molecule has 1 saturated carbocycles. The van der Waals surface area contributed by atoms with E-state index in [1.54, 1.807) is 6.20 Å². The largest absolute Gasteiger partial charge is 0.454 e. The van der Waals surface area contributed by atoms with E-state index < -0.39 is 0 Å². The van der Waals surface area contributed by atoms with E-state index in [1.807, 2.05) is 18.4 Å². The number of rotatable bonds is 4. The van der Waals surface area contributed by atoms with Crippen LogP contribution in [0, 0.1) is 11.8 Å². The second-order valence-corrected chi connectivity index (χ2v) is 9.01. The molecule has 0 amide bonds. The summed E-state index contributed by atoms with van der Waals surface area (Å²) in [6, 6.07) is 7.71. The molecule has 1 fully saturated rings. The van der Waals surface area contributed by atoms with Gasteiger partial charge in [-0.3, -0.25) is 9.59 Å². The lowest BCUT2D eigenvalue weighted by Crippen LogP contribution is -2.20. The fraction of sp³-hybridized carbons (Fsp3) is 0.379. The average Bonchev–Trinajstić information content (AvgIpc) is 3.56. The number of carbonyl (C=O) groups is 1. The van der Waals surface area contributed by atoms with Crippen LogP contribution in [-0.2, 0) is 13.0 Å². The quantitative estimate of drug-likeness (QED) is 0.306. The Morgan fingerprint density at radius 1 is 1.24 bits per heavy atom. The highest BCUT2D eigenvalue weighted by Gasteiger charge is 2.25. The van der Waals surface area contributed by atoms with Crippen molar-refractivity contribution >= 4 is 22.8 Å². The van der Waals surface area contributed by atoms with Gasteiger partial charge in [-0.25, -0.2) is 0 Å². The van der Waals surface area contributed by atoms with E-state index in [0.29, 0.717) is 12.5 Å². The fourth-order valence-electron chi connectivity index (χ4n) is 3.79. The first kappa shape index (κ1) is 24.5. The number of fused-ring (bicyclic) bond motifs is 5. The van der Waals surface area contributed by atoms with Gasteiger partial charge in [-0.1, -0.05) is 71.5 Å². The van der Waals surface area contributed by atoms with Gasteiger partial charge >= 0.3 is 0 Å². The summed E-state index contributed by atoms with van der Waals surface area (Å²) in [4.78, 5) is 24.4. The van der Waals surface area contributed by atoms with Crippen molar-refractivity contribution in [3.8, 4) is 11.5 Å². The molecule has 0 bridgehead atoms. The number of aryl methyl sites for hydroxylation is 2. The van der Waals surface area contributed by atoms with E-state index in [0.717, 1.165) is 45.9 Å². The number of allylic oxidation sites excluding steroid dienone is 2. The van der Waals surface area contributed by atoms with E-state index in [1.165, 1.54) is 25.0 Å². The summed E-state index contributed by atoms with van der Waals surface area (Å²) in [7, 11) is 0. The number of aromatic nitrogens is 1. The van der Waals surface area contributed by atoms with Crippen LogP contribution in [0.15, 0.2) is 58.4 Å². The maximum absolute atomic E-state index is 12.4. The number of para-hydroxylation sites is 1. The van der Waals surface area contributed by atoms with Gasteiger partial charge < -0.3 is 8.98 Å². The smallest absolute Gasteiger partial charge is 0.193 e. The van der Waals surface area contributed by atoms with Crippen molar-refractivity contribution < 1.29 is 10.6 Å². The van der Waals surface area contributed by atoms with Crippen molar-refractivity contribution in [1.82, 2.24) is 4.57 Å². The Hall–Kier alpha value is -3.14. The third kappa shape index (κ3) is 5.44. The molecule has 2 aliphatic rings. The van der Waals surface area contributed by atoms with Crippen LogP contribution >= 0.6 is 0 Å². The van der Waals surface area contributed by atoms with E-state index in [-0.39, 0.29) is 18.2 Å². The first-order valence-corrected chi connectivity index (χ1v) is 12.0. The fourth-order valence-corrected chi connectivity index (χ4v) is 3.79. The molecule has 3 aromatic rings. The lowest BCUT2D eigenvalue weighted by Gasteiger charge is -2.18. The molecule has 33 heavy (non-hydrogen) atoms. The van der Waals surface area contributed by atoms with Crippen molar-refractivity contribution in [2.24, 2.45) is 11.8 Å². The zero-order chi connectivity index (χ0) is 24.1. The molecular weight excluding hydrogens is 410 g/mol. The van der Waals surface area contributed by atoms with Gasteiger partial charge in [0.05, 0.1) is 11.3 Å². The summed E-state index contributed by atoms with van der Waals surface area (Å²) in [6.45, 7) is 14.7. The highest BCUT2D eigenvalue weighted by molar-refractivity contribution is 6.04. The van der Waals surface area contributed by atoms with Crippen LogP contribution in [0.25, 0.3) is 28.5 Å². The normalized spacial score (nSPS) is 14.1. The summed E-state index contributed by atoms with van der Waals surface area (Å²) in [5.74, 6) is 1.92. The van der Waals surface area contributed by atoms with Crippen LogP contribution in [0.2, 0.25) is 0 Å². The minimum Gasteiger partial charge on any atom is -0.454 e. The minimum absolute atomic E-state index is 0. The highest BCUT2D eigenvalue weighted by atomic mass is 16.3. The first-order chi connectivity index (χ1) is 15.9. The van der Waals surface area contributed by atoms with Crippen LogP contribution < -0.4 is 5.43 Å². The van der Waals surface area contributed by atoms with Crippen molar-refractivity contribution in [3.05, 3.63) is 76.1 Å². The van der Waals surface area contributed by atoms with Gasteiger partial charge in [0.1, 0.15) is 5.58 Å². The molecule has 0 atom stereocenters. The summed E-state index contributed by atoms with van der Waals surface area (Å²) in [5, 5.41) is 1.10. The Bertz CT molecular complexity index is 1240. The third-order valence-corrected chi connectivity index (χ3v) is 5.43. The van der Waals surface area contributed by atoms with Crippen LogP contribution in [-0.4, -0.2) is 10.4 Å². The van der Waals surface area contributed by atoms with Crippen LogP contribution in [0.3, 0.4) is 0 Å². The standard InChI is InChI=1S/C23H19NO3.C4H10.C2H6.H2/c1-2-20(25)18-13-24-11-10-17-16-5-3-4-15(9-8-14-6-7-14)22(16)27-23(17)19(24)12-21(18)26;1-4(2)3;1-2;/h2-5,8-9,12-14H,1,6-7,10-11H2;4H,1-3H3;1-2H3;1H/b9-8-;;;. The number of pyridine rings is 1. The molecule has 5 rings (SSSR count). The van der Waals surface area contributed by atoms with Crippen molar-refractivity contribution in [2.75, 3.05) is 0 Å². The van der Waals surface area contributed by atoms with Gasteiger partial charge in [0.15, 0.2) is 17.0 Å². The number of ketones is 1. The second kappa shape index (κ2) is 10.7. The summed E-state index contributed by atoms with van der Waals surface area (Å²) in [5.41, 5.74) is 3.66. The van der Waals surface area contributed by atoms with E-state index in [2.05, 4.69) is 57.7 Å². The summed E-state index contributed by atoms with van der Waals surface area (Å²) >= 11 is 0. The number of hydrogen-bond donors (Lipinski definition) is 0. The zero-order valence-corrected chi connectivity index (χ0v) is 20.5. The molecule has 0 unspecified atom stereocenters. The molecule has 4 heteroatoms. The zero-order valence-electron chi connectivity index (χ0n) is 20.5. The van der Waals surface area contributed by atoms with Crippen LogP contribution in [0.1, 0.15) is 70.4 Å². The number of nitrogens with zero attached hydrogens (tertiary/aromatic N) is 1. The van der Waals surface area contributed by atoms with Crippen molar-refractivity contribution in [2.45, 2.75) is 60.4 Å². The maximum Gasteiger partial charge on any atom is 0.193 e. The van der Waals surface area contributed by atoms with Gasteiger partial charge in [0.2, 0.25) is 0 Å². The summed E-state index contributed by atoms with van der Waals surface area (Å²) < 4.78 is 8.20. The second-order valence-electron chi connectivity index (χ2n) is 9.01. The minimum atomic E-state index is -0.349. The monoisotopic (exact) mass is 447 g/mol. The number of furan rings is 1. The van der Waals surface area contributed by atoms with E-state index >= 15 is 0 Å². The molecule has 0 N–H and O–H groups in total. The molecule has 3 heterocycles. The Labute approximate surface area is 198 Å². The lowest BCUT2D eigenvalue weighted by atomic mass is 9.99. The Kier molecular flexibility index (Phi) is 7.91. The molecule has 1 aliphatic heterocycles. The number of hydrogen-bond acceptors (Lipinski definition) is 3. The molecule has 0 saturated heterocycles. The SMILES string of the molecule is C=CC(=O)c1cn2c(cc1=O)-c1oc3c(/C=C\C4CC4)cccc3c1CC2.CC.CC(C)C.[HH]. The van der Waals surface area contributed by atoms with Crippen LogP contribution in [0.4, 0.5) is 0 Å². The Morgan fingerprint density at radius 3 is 2.58 bits per heavy atom. The topological polar surface area (TPSA) is 52.2 Å². The predicted octanol–water partition coefficient (Wildman–Crippen LogP) is 7.54. The van der Waals surface area contributed by atoms with Crippen molar-refractivity contribution in [3.63, 3.8) is 0 Å². The number of benzene rings is 1. The lowest BCUT2D eigenvalue weighted by molar-refractivity contribution is 0.104. The molecule has 4 nitrogen and oxygen atoms in total. The first-order valence-electron chi connectivity index (χ1n) is 12.0. The predicted molar refractivity (Wildman–Crippen MR) is 140 cm³/mol. The molecule has 2 aromatic heterocycles. The molecule has 1 aliphatic carbocycles. The van der Waals surface area contributed by atoms with Gasteiger partial charge in [0.25, 0.3) is 0 Å². The molecular formula is C29H37NO3. The molecule has 0 spiro atoms. The van der Waals surface area contributed by atoms with Gasteiger partial charge in [-0.05, 0) is 37.2 Å². The van der Waals surface area contributed by atoms with E-state index in [4.69, 9.17) is 4.42 Å². The van der Waals surface area contributed by atoms with E-state index in [9.17, 15) is 9.59 Å². The maximum atomic E-state index is 12.4. The highest BCUT2D eigenvalue weighted by Crippen LogP contribution is 2.39. The Balaban J connectivity index is 0.000000532.